The van der Waals surface area contributed by atoms with Crippen LogP contribution in [0.5, 0.6) is 11.5 Å². The van der Waals surface area contributed by atoms with Crippen LogP contribution in [0.1, 0.15) is 25.7 Å². The van der Waals surface area contributed by atoms with Crippen LogP contribution in [0.25, 0.3) is 0 Å². The second-order valence-corrected chi connectivity index (χ2v) is 8.53. The number of benzene rings is 1. The van der Waals surface area contributed by atoms with Gasteiger partial charge in [0.1, 0.15) is 6.29 Å². The molecule has 7 heteroatoms. The van der Waals surface area contributed by atoms with Gasteiger partial charge in [-0.3, -0.25) is 9.80 Å². The molecule has 1 aromatic rings. The Morgan fingerprint density at radius 1 is 1.10 bits per heavy atom. The van der Waals surface area contributed by atoms with Crippen molar-refractivity contribution in [2.45, 2.75) is 37.8 Å². The maximum Gasteiger partial charge on any atom is 0.163 e. The molecule has 0 spiro atoms. The Bertz CT molecular complexity index is 689. The van der Waals surface area contributed by atoms with E-state index in [0.29, 0.717) is 18.7 Å². The van der Waals surface area contributed by atoms with Crippen LogP contribution >= 0.6 is 0 Å². The summed E-state index contributed by atoms with van der Waals surface area (Å²) in [6.45, 7) is 7.69. The molecule has 0 radical (unpaired) electrons. The van der Waals surface area contributed by atoms with Gasteiger partial charge in [-0.1, -0.05) is 0 Å². The standard InChI is InChI=1S/C23H35N3O4/c1-28-22-7-6-19(16-23(22)30-21-4-2-3-5-21)26-9-8-25(10-13-27)20(18-26)17-24-11-14-29-15-12-24/h6-7,13,16,20-21H,2-5,8-12,14-15,17-18H2,1H3. The summed E-state index contributed by atoms with van der Waals surface area (Å²) >= 11 is 0. The highest BCUT2D eigenvalue weighted by Crippen LogP contribution is 2.35. The lowest BCUT2D eigenvalue weighted by atomic mass is 10.1. The highest BCUT2D eigenvalue weighted by Gasteiger charge is 2.29. The van der Waals surface area contributed by atoms with Gasteiger partial charge in [-0.15, -0.1) is 0 Å². The SMILES string of the molecule is COc1ccc(N2CCN(CC=O)C(CN3CCOCC3)C2)cc1OC1CCCC1. The van der Waals surface area contributed by atoms with Crippen LogP contribution in [0.4, 0.5) is 5.69 Å². The smallest absolute Gasteiger partial charge is 0.163 e. The minimum absolute atomic E-state index is 0.299. The van der Waals surface area contributed by atoms with E-state index in [1.165, 1.54) is 18.5 Å². The second kappa shape index (κ2) is 10.5. The summed E-state index contributed by atoms with van der Waals surface area (Å²) in [5.74, 6) is 1.65. The normalized spacial score (nSPS) is 24.2. The van der Waals surface area contributed by atoms with Gasteiger partial charge >= 0.3 is 0 Å². The monoisotopic (exact) mass is 417 g/mol. The number of rotatable bonds is 8. The quantitative estimate of drug-likeness (QED) is 0.600. The Kier molecular flexibility index (Phi) is 7.47. The van der Waals surface area contributed by atoms with E-state index in [4.69, 9.17) is 14.2 Å². The third kappa shape index (κ3) is 5.25. The first kappa shape index (κ1) is 21.4. The Labute approximate surface area is 179 Å². The van der Waals surface area contributed by atoms with Crippen molar-refractivity contribution >= 4 is 12.0 Å². The van der Waals surface area contributed by atoms with Crippen LogP contribution in [0.2, 0.25) is 0 Å². The summed E-state index contributed by atoms with van der Waals surface area (Å²) in [5, 5.41) is 0. The number of carbonyl (C=O) groups is 1. The lowest BCUT2D eigenvalue weighted by Crippen LogP contribution is -2.58. The zero-order chi connectivity index (χ0) is 20.8. The Hall–Kier alpha value is -1.83. The fourth-order valence-corrected chi connectivity index (χ4v) is 4.86. The molecule has 1 unspecified atom stereocenters. The second-order valence-electron chi connectivity index (χ2n) is 8.53. The molecule has 0 aromatic heterocycles. The summed E-state index contributed by atoms with van der Waals surface area (Å²) < 4.78 is 17.4. The summed E-state index contributed by atoms with van der Waals surface area (Å²) in [6, 6.07) is 6.61. The molecule has 166 valence electrons. The number of anilines is 1. The Morgan fingerprint density at radius 3 is 2.63 bits per heavy atom. The van der Waals surface area contributed by atoms with Crippen LogP contribution in [-0.4, -0.2) is 94.4 Å². The van der Waals surface area contributed by atoms with Crippen molar-refractivity contribution < 1.29 is 19.0 Å². The van der Waals surface area contributed by atoms with Crippen molar-refractivity contribution in [2.75, 3.05) is 71.0 Å². The van der Waals surface area contributed by atoms with Crippen molar-refractivity contribution in [1.82, 2.24) is 9.80 Å². The maximum absolute atomic E-state index is 11.2. The molecule has 0 N–H and O–H groups in total. The molecule has 7 nitrogen and oxygen atoms in total. The molecule has 1 saturated carbocycles. The van der Waals surface area contributed by atoms with Gasteiger partial charge in [0.05, 0.1) is 33.0 Å². The molecule has 2 saturated heterocycles. The van der Waals surface area contributed by atoms with E-state index in [-0.39, 0.29) is 0 Å². The fourth-order valence-electron chi connectivity index (χ4n) is 4.86. The van der Waals surface area contributed by atoms with Gasteiger partial charge < -0.3 is 23.9 Å². The first-order valence-corrected chi connectivity index (χ1v) is 11.3. The van der Waals surface area contributed by atoms with E-state index in [1.807, 2.05) is 6.07 Å². The number of hydrogen-bond acceptors (Lipinski definition) is 7. The highest BCUT2D eigenvalue weighted by molar-refractivity contribution is 5.57. The van der Waals surface area contributed by atoms with Crippen LogP contribution < -0.4 is 14.4 Å². The molecule has 1 aliphatic carbocycles. The van der Waals surface area contributed by atoms with Gasteiger partial charge in [-0.25, -0.2) is 0 Å². The molecule has 30 heavy (non-hydrogen) atoms. The van der Waals surface area contributed by atoms with Crippen molar-refractivity contribution in [3.05, 3.63) is 18.2 Å². The van der Waals surface area contributed by atoms with Crippen molar-refractivity contribution in [3.8, 4) is 11.5 Å². The van der Waals surface area contributed by atoms with Gasteiger partial charge in [-0.2, -0.15) is 0 Å². The predicted octanol–water partition coefficient (Wildman–Crippen LogP) is 2.04. The number of morpholine rings is 1. The van der Waals surface area contributed by atoms with E-state index >= 15 is 0 Å². The molecule has 2 aliphatic heterocycles. The van der Waals surface area contributed by atoms with Crippen molar-refractivity contribution in [2.24, 2.45) is 0 Å². The number of hydrogen-bond donors (Lipinski definition) is 0. The average Bonchev–Trinajstić information content (AvgIpc) is 3.29. The number of nitrogens with zero attached hydrogens (tertiary/aromatic N) is 3. The highest BCUT2D eigenvalue weighted by atomic mass is 16.5. The minimum atomic E-state index is 0.299. The van der Waals surface area contributed by atoms with Gasteiger partial charge in [0.25, 0.3) is 0 Å². The van der Waals surface area contributed by atoms with E-state index in [1.54, 1.807) is 7.11 Å². The van der Waals surface area contributed by atoms with Crippen LogP contribution in [0.3, 0.4) is 0 Å². The lowest BCUT2D eigenvalue weighted by Gasteiger charge is -2.44. The lowest BCUT2D eigenvalue weighted by molar-refractivity contribution is -0.109. The summed E-state index contributed by atoms with van der Waals surface area (Å²) in [6.07, 6.45) is 6.07. The average molecular weight is 418 g/mol. The number of piperazine rings is 1. The molecule has 4 rings (SSSR count). The van der Waals surface area contributed by atoms with E-state index in [2.05, 4.69) is 26.8 Å². The molecule has 0 bridgehead atoms. The molecular formula is C23H35N3O4. The minimum Gasteiger partial charge on any atom is -0.493 e. The first-order chi connectivity index (χ1) is 14.8. The van der Waals surface area contributed by atoms with Crippen LogP contribution in [0.15, 0.2) is 18.2 Å². The van der Waals surface area contributed by atoms with Gasteiger partial charge in [0.15, 0.2) is 11.5 Å². The molecule has 0 amide bonds. The van der Waals surface area contributed by atoms with Crippen molar-refractivity contribution in [3.63, 3.8) is 0 Å². The molecule has 3 fully saturated rings. The zero-order valence-electron chi connectivity index (χ0n) is 18.1. The third-order valence-electron chi connectivity index (χ3n) is 6.59. The Morgan fingerprint density at radius 2 is 1.90 bits per heavy atom. The molecule has 1 aromatic carbocycles. The van der Waals surface area contributed by atoms with Crippen molar-refractivity contribution in [1.29, 1.82) is 0 Å². The molecule has 2 heterocycles. The molecule has 1 atom stereocenters. The topological polar surface area (TPSA) is 54.5 Å². The largest absolute Gasteiger partial charge is 0.493 e. The molecular weight excluding hydrogens is 382 g/mol. The number of carbonyl (C=O) groups excluding carboxylic acids is 1. The fraction of sp³-hybridized carbons (Fsp3) is 0.696. The summed E-state index contributed by atoms with van der Waals surface area (Å²) in [7, 11) is 1.70. The van der Waals surface area contributed by atoms with Gasteiger partial charge in [0.2, 0.25) is 0 Å². The number of methoxy groups -OCH3 is 1. The molecule has 3 aliphatic rings. The van der Waals surface area contributed by atoms with Gasteiger partial charge in [0, 0.05) is 57.1 Å². The van der Waals surface area contributed by atoms with E-state index in [0.717, 1.165) is 83.1 Å². The Balaban J connectivity index is 1.47. The third-order valence-corrected chi connectivity index (χ3v) is 6.59. The van der Waals surface area contributed by atoms with Crippen LogP contribution in [0, 0.1) is 0 Å². The number of ether oxygens (including phenoxy) is 3. The van der Waals surface area contributed by atoms with E-state index in [9.17, 15) is 4.79 Å². The predicted molar refractivity (Wildman–Crippen MR) is 117 cm³/mol. The summed E-state index contributed by atoms with van der Waals surface area (Å²) in [4.78, 5) is 18.4. The maximum atomic E-state index is 11.2. The number of aldehydes is 1. The van der Waals surface area contributed by atoms with E-state index < -0.39 is 0 Å². The zero-order valence-corrected chi connectivity index (χ0v) is 18.1. The van der Waals surface area contributed by atoms with Gasteiger partial charge in [-0.05, 0) is 37.8 Å². The van der Waals surface area contributed by atoms with Crippen LogP contribution in [-0.2, 0) is 9.53 Å². The summed E-state index contributed by atoms with van der Waals surface area (Å²) in [5.41, 5.74) is 1.17. The first-order valence-electron chi connectivity index (χ1n) is 11.3.